The van der Waals surface area contributed by atoms with Crippen molar-refractivity contribution < 1.29 is 14.5 Å². The van der Waals surface area contributed by atoms with Crippen molar-refractivity contribution in [1.82, 2.24) is 0 Å². The van der Waals surface area contributed by atoms with Crippen molar-refractivity contribution >= 4 is 5.84 Å². The molecule has 2 aliphatic rings. The van der Waals surface area contributed by atoms with Gasteiger partial charge in [-0.15, -0.1) is 0 Å². The second kappa shape index (κ2) is 4.26. The Morgan fingerprint density at radius 1 is 1.50 bits per heavy atom. The molecule has 0 bridgehead atoms. The number of amidine groups is 1. The molecule has 1 aromatic rings. The zero-order chi connectivity index (χ0) is 12.6. The van der Waals surface area contributed by atoms with Crippen molar-refractivity contribution in [2.45, 2.75) is 25.5 Å². The minimum absolute atomic E-state index is 0.499. The largest absolute Gasteiger partial charge is 0.494 e. The van der Waals surface area contributed by atoms with Crippen LogP contribution in [0.4, 0.5) is 0 Å². The number of hydrogen-bond acceptors (Lipinski definition) is 5. The van der Waals surface area contributed by atoms with Gasteiger partial charge in [-0.3, -0.25) is 0 Å². The van der Waals surface area contributed by atoms with Gasteiger partial charge in [0.1, 0.15) is 11.6 Å². The van der Waals surface area contributed by atoms with E-state index >= 15 is 0 Å². The third-order valence-corrected chi connectivity index (χ3v) is 3.24. The van der Waals surface area contributed by atoms with Gasteiger partial charge in [0.2, 0.25) is 5.72 Å². The highest BCUT2D eigenvalue weighted by molar-refractivity contribution is 6.02. The molecule has 96 valence electrons. The van der Waals surface area contributed by atoms with Crippen LogP contribution in [0.5, 0.6) is 5.75 Å². The molecule has 1 atom stereocenters. The first-order valence-electron chi connectivity index (χ1n) is 6.19. The number of benzene rings is 1. The normalized spacial score (nSPS) is 25.9. The Hall–Kier alpha value is -1.59. The van der Waals surface area contributed by atoms with Crippen molar-refractivity contribution in [1.29, 1.82) is 0 Å². The quantitative estimate of drug-likeness (QED) is 0.809. The molecule has 2 N–H and O–H groups in total. The highest BCUT2D eigenvalue weighted by Gasteiger charge is 2.43. The molecule has 2 heterocycles. The van der Waals surface area contributed by atoms with Crippen LogP contribution in [0.25, 0.3) is 0 Å². The summed E-state index contributed by atoms with van der Waals surface area (Å²) in [5, 5.41) is 0. The summed E-state index contributed by atoms with van der Waals surface area (Å²) in [5.74, 6) is 1.30. The lowest BCUT2D eigenvalue weighted by molar-refractivity contribution is -0.386. The molecule has 1 unspecified atom stereocenters. The summed E-state index contributed by atoms with van der Waals surface area (Å²) < 4.78 is 5.51. The fourth-order valence-electron chi connectivity index (χ4n) is 2.45. The standard InChI is InChI=1S/C13H16N2O3/c1-2-16-9-4-5-10-11(8-9)13(15-12(10)14)6-3-7-17-18-13/h4-5,8H,2-3,6-7H2,1H3,(H2,14,15). The van der Waals surface area contributed by atoms with Gasteiger partial charge in [0, 0.05) is 17.5 Å². The summed E-state index contributed by atoms with van der Waals surface area (Å²) in [6.45, 7) is 3.17. The van der Waals surface area contributed by atoms with Gasteiger partial charge >= 0.3 is 0 Å². The fourth-order valence-corrected chi connectivity index (χ4v) is 2.45. The van der Waals surface area contributed by atoms with Gasteiger partial charge in [-0.2, -0.15) is 0 Å². The number of aliphatic imine (C=N–C) groups is 1. The zero-order valence-electron chi connectivity index (χ0n) is 10.3. The number of nitrogens with zero attached hydrogens (tertiary/aromatic N) is 1. The SMILES string of the molecule is CCOc1ccc2c(c1)C1(CCCOO1)N=C2N. The lowest BCUT2D eigenvalue weighted by Gasteiger charge is -2.30. The van der Waals surface area contributed by atoms with E-state index in [0.29, 0.717) is 19.0 Å². The van der Waals surface area contributed by atoms with E-state index < -0.39 is 5.72 Å². The average molecular weight is 248 g/mol. The third kappa shape index (κ3) is 1.67. The van der Waals surface area contributed by atoms with Crippen LogP contribution in [0.2, 0.25) is 0 Å². The van der Waals surface area contributed by atoms with E-state index in [1.165, 1.54) is 0 Å². The first kappa shape index (κ1) is 11.5. The monoisotopic (exact) mass is 248 g/mol. The summed E-state index contributed by atoms with van der Waals surface area (Å²) in [4.78, 5) is 15.0. The van der Waals surface area contributed by atoms with Crippen LogP contribution in [0.1, 0.15) is 30.9 Å². The molecule has 0 amide bonds. The summed E-state index contributed by atoms with van der Waals surface area (Å²) in [6.07, 6.45) is 1.67. The van der Waals surface area contributed by atoms with Crippen molar-refractivity contribution in [3.8, 4) is 5.75 Å². The maximum Gasteiger partial charge on any atom is 0.221 e. The van der Waals surface area contributed by atoms with E-state index in [9.17, 15) is 0 Å². The van der Waals surface area contributed by atoms with E-state index in [1.807, 2.05) is 25.1 Å². The highest BCUT2D eigenvalue weighted by atomic mass is 17.2. The predicted octanol–water partition coefficient (Wildman–Crippen LogP) is 1.70. The Kier molecular flexibility index (Phi) is 2.72. The number of rotatable bonds is 2. The Morgan fingerprint density at radius 2 is 2.39 bits per heavy atom. The van der Waals surface area contributed by atoms with E-state index in [1.54, 1.807) is 0 Å². The van der Waals surface area contributed by atoms with Crippen molar-refractivity contribution in [3.05, 3.63) is 29.3 Å². The molecule has 5 nitrogen and oxygen atoms in total. The smallest absolute Gasteiger partial charge is 0.221 e. The molecule has 0 aromatic heterocycles. The Morgan fingerprint density at radius 3 is 3.11 bits per heavy atom. The minimum Gasteiger partial charge on any atom is -0.494 e. The third-order valence-electron chi connectivity index (χ3n) is 3.24. The zero-order valence-corrected chi connectivity index (χ0v) is 10.3. The second-order valence-electron chi connectivity index (χ2n) is 4.43. The van der Waals surface area contributed by atoms with Crippen LogP contribution in [-0.2, 0) is 15.5 Å². The summed E-state index contributed by atoms with van der Waals surface area (Å²) >= 11 is 0. The van der Waals surface area contributed by atoms with Gasteiger partial charge in [-0.25, -0.2) is 14.8 Å². The number of nitrogens with two attached hydrogens (primary N) is 1. The Bertz CT molecular complexity index is 493. The van der Waals surface area contributed by atoms with Crippen LogP contribution in [0.3, 0.4) is 0 Å². The predicted molar refractivity (Wildman–Crippen MR) is 66.3 cm³/mol. The Labute approximate surface area is 105 Å². The molecule has 0 aliphatic carbocycles. The molecule has 1 aromatic carbocycles. The number of fused-ring (bicyclic) bond motifs is 2. The highest BCUT2D eigenvalue weighted by Crippen LogP contribution is 2.43. The summed E-state index contributed by atoms with van der Waals surface area (Å²) in [5.41, 5.74) is 7.02. The van der Waals surface area contributed by atoms with Gasteiger partial charge in [0.05, 0.1) is 13.2 Å². The second-order valence-corrected chi connectivity index (χ2v) is 4.43. The van der Waals surface area contributed by atoms with E-state index in [0.717, 1.165) is 29.7 Å². The van der Waals surface area contributed by atoms with Gasteiger partial charge in [0.25, 0.3) is 0 Å². The molecule has 5 heteroatoms. The van der Waals surface area contributed by atoms with Gasteiger partial charge in [-0.1, -0.05) is 0 Å². The molecule has 3 rings (SSSR count). The first-order valence-corrected chi connectivity index (χ1v) is 6.19. The lowest BCUT2D eigenvalue weighted by Crippen LogP contribution is -2.30. The molecule has 2 aliphatic heterocycles. The summed E-state index contributed by atoms with van der Waals surface area (Å²) in [7, 11) is 0. The van der Waals surface area contributed by atoms with Crippen LogP contribution >= 0.6 is 0 Å². The van der Waals surface area contributed by atoms with Gasteiger partial charge < -0.3 is 10.5 Å². The molecule has 18 heavy (non-hydrogen) atoms. The van der Waals surface area contributed by atoms with Crippen molar-refractivity contribution in [2.24, 2.45) is 10.7 Å². The molecular weight excluding hydrogens is 232 g/mol. The lowest BCUT2D eigenvalue weighted by atomic mass is 9.95. The molecule has 0 saturated carbocycles. The topological polar surface area (TPSA) is 66.1 Å². The maximum atomic E-state index is 5.95. The summed E-state index contributed by atoms with van der Waals surface area (Å²) in [6, 6.07) is 5.76. The minimum atomic E-state index is -0.773. The van der Waals surface area contributed by atoms with E-state index in [2.05, 4.69) is 4.99 Å². The fraction of sp³-hybridized carbons (Fsp3) is 0.462. The average Bonchev–Trinajstić information content (AvgIpc) is 2.64. The maximum absolute atomic E-state index is 5.95. The molecule has 1 saturated heterocycles. The van der Waals surface area contributed by atoms with Crippen LogP contribution in [-0.4, -0.2) is 19.0 Å². The molecule has 1 fully saturated rings. The van der Waals surface area contributed by atoms with Crippen LogP contribution in [0.15, 0.2) is 23.2 Å². The Balaban J connectivity index is 2.04. The first-order chi connectivity index (χ1) is 8.75. The van der Waals surface area contributed by atoms with Crippen molar-refractivity contribution in [2.75, 3.05) is 13.2 Å². The molecular formula is C13H16N2O3. The van der Waals surface area contributed by atoms with E-state index in [4.69, 9.17) is 20.2 Å². The number of ether oxygens (including phenoxy) is 1. The van der Waals surface area contributed by atoms with Gasteiger partial charge in [-0.05, 0) is 31.5 Å². The van der Waals surface area contributed by atoms with Crippen LogP contribution in [0, 0.1) is 0 Å². The molecule has 0 radical (unpaired) electrons. The number of hydrogen-bond donors (Lipinski definition) is 1. The molecule has 1 spiro atoms. The van der Waals surface area contributed by atoms with Crippen molar-refractivity contribution in [3.63, 3.8) is 0 Å². The van der Waals surface area contributed by atoms with Gasteiger partial charge in [0.15, 0.2) is 0 Å². The van der Waals surface area contributed by atoms with E-state index in [-0.39, 0.29) is 0 Å². The van der Waals surface area contributed by atoms with Crippen LogP contribution < -0.4 is 10.5 Å².